The number of methoxy groups -OCH3 is 2. The van der Waals surface area contributed by atoms with Crippen LogP contribution in [0.15, 0.2) is 77.9 Å². The minimum absolute atomic E-state index is 0.0568. The van der Waals surface area contributed by atoms with Crippen molar-refractivity contribution in [2.75, 3.05) is 38.2 Å². The fourth-order valence-electron chi connectivity index (χ4n) is 3.65. The van der Waals surface area contributed by atoms with Gasteiger partial charge in [-0.05, 0) is 47.5 Å². The molecule has 4 rings (SSSR count). The van der Waals surface area contributed by atoms with E-state index < -0.39 is 0 Å². The Morgan fingerprint density at radius 2 is 1.66 bits per heavy atom. The van der Waals surface area contributed by atoms with Crippen molar-refractivity contribution < 1.29 is 9.47 Å². The molecule has 32 heavy (non-hydrogen) atoms. The number of rotatable bonds is 7. The van der Waals surface area contributed by atoms with Gasteiger partial charge in [0, 0.05) is 32.3 Å². The molecule has 6 nitrogen and oxygen atoms in total. The average Bonchev–Trinajstić information content (AvgIpc) is 3.27. The molecule has 0 N–H and O–H groups in total. The van der Waals surface area contributed by atoms with Crippen LogP contribution in [0, 0.1) is 0 Å². The Hall–Kier alpha value is -3.80. The van der Waals surface area contributed by atoms with Crippen LogP contribution in [0.4, 0.5) is 11.5 Å². The molecule has 2 heterocycles. The maximum atomic E-state index is 5.33. The summed E-state index contributed by atoms with van der Waals surface area (Å²) in [7, 11) is 7.38. The number of ether oxygens (including phenoxy) is 2. The molecule has 6 heteroatoms. The topological polar surface area (TPSA) is 50.2 Å². The zero-order valence-corrected chi connectivity index (χ0v) is 18.9. The van der Waals surface area contributed by atoms with Crippen LogP contribution in [0.25, 0.3) is 6.08 Å². The van der Waals surface area contributed by atoms with Gasteiger partial charge in [0.25, 0.3) is 0 Å². The van der Waals surface area contributed by atoms with E-state index in [1.165, 1.54) is 11.3 Å². The van der Waals surface area contributed by atoms with Crippen molar-refractivity contribution >= 4 is 23.3 Å². The van der Waals surface area contributed by atoms with Crippen molar-refractivity contribution in [3.05, 3.63) is 83.9 Å². The highest BCUT2D eigenvalue weighted by atomic mass is 16.5. The quantitative estimate of drug-likeness (QED) is 0.519. The summed E-state index contributed by atoms with van der Waals surface area (Å²) < 4.78 is 10.6. The number of benzene rings is 2. The highest BCUT2D eigenvalue weighted by molar-refractivity contribution is 6.01. The fraction of sp³-hybridized carbons (Fsp3) is 0.231. The van der Waals surface area contributed by atoms with E-state index in [-0.39, 0.29) is 6.04 Å². The van der Waals surface area contributed by atoms with Gasteiger partial charge in [-0.15, -0.1) is 0 Å². The molecular weight excluding hydrogens is 400 g/mol. The maximum Gasteiger partial charge on any atom is 0.214 e. The van der Waals surface area contributed by atoms with Crippen molar-refractivity contribution in [3.8, 4) is 11.6 Å². The van der Waals surface area contributed by atoms with E-state index >= 15 is 0 Å². The van der Waals surface area contributed by atoms with Crippen LogP contribution in [0.2, 0.25) is 0 Å². The lowest BCUT2D eigenvalue weighted by atomic mass is 10.0. The third-order valence-electron chi connectivity index (χ3n) is 5.46. The summed E-state index contributed by atoms with van der Waals surface area (Å²) in [5.74, 6) is 2.18. The predicted molar refractivity (Wildman–Crippen MR) is 131 cm³/mol. The lowest BCUT2D eigenvalue weighted by Gasteiger charge is -2.24. The SMILES string of the molecule is COc1ccc(C=CC2=NN(c3cccc(OC)n3)C(c3ccc(N(C)C)cc3)C2)cc1. The minimum Gasteiger partial charge on any atom is -0.497 e. The molecule has 0 bridgehead atoms. The molecule has 3 aromatic rings. The molecule has 1 atom stereocenters. The second-order valence-corrected chi connectivity index (χ2v) is 7.79. The van der Waals surface area contributed by atoms with Crippen LogP contribution in [0.1, 0.15) is 23.6 Å². The predicted octanol–water partition coefficient (Wildman–Crippen LogP) is 5.19. The molecule has 1 aromatic heterocycles. The van der Waals surface area contributed by atoms with Crippen LogP contribution >= 0.6 is 0 Å². The van der Waals surface area contributed by atoms with Crippen LogP contribution in [-0.4, -0.2) is 39.0 Å². The second-order valence-electron chi connectivity index (χ2n) is 7.79. The van der Waals surface area contributed by atoms with Crippen molar-refractivity contribution in [1.82, 2.24) is 4.98 Å². The summed E-state index contributed by atoms with van der Waals surface area (Å²) >= 11 is 0. The molecule has 1 aliphatic rings. The zero-order valence-electron chi connectivity index (χ0n) is 18.9. The van der Waals surface area contributed by atoms with E-state index in [0.717, 1.165) is 29.3 Å². The van der Waals surface area contributed by atoms with E-state index in [2.05, 4.69) is 46.3 Å². The maximum absolute atomic E-state index is 5.33. The van der Waals surface area contributed by atoms with Crippen LogP contribution in [-0.2, 0) is 0 Å². The first-order chi connectivity index (χ1) is 15.6. The van der Waals surface area contributed by atoms with Crippen molar-refractivity contribution in [2.24, 2.45) is 5.10 Å². The number of nitrogens with zero attached hydrogens (tertiary/aromatic N) is 4. The molecule has 1 unspecified atom stereocenters. The molecular formula is C26H28N4O2. The standard InChI is InChI=1S/C26H28N4O2/c1-29(2)22-14-11-20(12-15-22)24-18-21(13-8-19-9-16-23(31-3)17-10-19)28-30(24)25-6-5-7-26(27-25)32-4/h5-17,24H,18H2,1-4H3. The Balaban J connectivity index is 1.63. The van der Waals surface area contributed by atoms with Gasteiger partial charge in [0.1, 0.15) is 5.75 Å². The van der Waals surface area contributed by atoms with E-state index in [0.29, 0.717) is 5.88 Å². The Bertz CT molecular complexity index is 1110. The third kappa shape index (κ3) is 4.75. The van der Waals surface area contributed by atoms with Gasteiger partial charge < -0.3 is 14.4 Å². The number of hydrazone groups is 1. The first kappa shape index (κ1) is 21.4. The van der Waals surface area contributed by atoms with Crippen LogP contribution in [0.3, 0.4) is 0 Å². The summed E-state index contributed by atoms with van der Waals surface area (Å²) in [5.41, 5.74) is 4.45. The minimum atomic E-state index is 0.0568. The smallest absolute Gasteiger partial charge is 0.214 e. The van der Waals surface area contributed by atoms with Gasteiger partial charge in [0.15, 0.2) is 5.82 Å². The number of hydrogen-bond donors (Lipinski definition) is 0. The van der Waals surface area contributed by atoms with Gasteiger partial charge in [-0.1, -0.05) is 36.4 Å². The highest BCUT2D eigenvalue weighted by Crippen LogP contribution is 2.36. The Morgan fingerprint density at radius 3 is 2.31 bits per heavy atom. The number of aromatic nitrogens is 1. The summed E-state index contributed by atoms with van der Waals surface area (Å²) in [6.07, 6.45) is 4.93. The summed E-state index contributed by atoms with van der Waals surface area (Å²) in [6, 6.07) is 22.4. The summed E-state index contributed by atoms with van der Waals surface area (Å²) in [4.78, 5) is 6.71. The van der Waals surface area contributed by atoms with E-state index in [1.807, 2.05) is 61.6 Å². The molecule has 1 aliphatic heterocycles. The Kier molecular flexibility index (Phi) is 6.40. The van der Waals surface area contributed by atoms with Crippen molar-refractivity contribution in [2.45, 2.75) is 12.5 Å². The largest absolute Gasteiger partial charge is 0.497 e. The number of anilines is 2. The molecule has 0 amide bonds. The number of allylic oxidation sites excluding steroid dienone is 1. The summed E-state index contributed by atoms with van der Waals surface area (Å²) in [5, 5.41) is 6.89. The third-order valence-corrected chi connectivity index (χ3v) is 5.46. The Labute approximate surface area is 189 Å². The Morgan fingerprint density at radius 1 is 0.906 bits per heavy atom. The second kappa shape index (κ2) is 9.56. The van der Waals surface area contributed by atoms with E-state index in [4.69, 9.17) is 14.6 Å². The first-order valence-electron chi connectivity index (χ1n) is 10.5. The molecule has 0 saturated carbocycles. The monoisotopic (exact) mass is 428 g/mol. The molecule has 0 fully saturated rings. The molecule has 0 radical (unpaired) electrons. The molecule has 0 spiro atoms. The van der Waals surface area contributed by atoms with E-state index in [1.54, 1.807) is 14.2 Å². The van der Waals surface area contributed by atoms with Gasteiger partial charge in [-0.25, -0.2) is 5.01 Å². The molecule has 0 aliphatic carbocycles. The van der Waals surface area contributed by atoms with Gasteiger partial charge in [-0.2, -0.15) is 10.1 Å². The van der Waals surface area contributed by atoms with Crippen LogP contribution in [0.5, 0.6) is 11.6 Å². The average molecular weight is 429 g/mol. The summed E-state index contributed by atoms with van der Waals surface area (Å²) in [6.45, 7) is 0. The van der Waals surface area contributed by atoms with Gasteiger partial charge >= 0.3 is 0 Å². The van der Waals surface area contributed by atoms with Crippen molar-refractivity contribution in [1.29, 1.82) is 0 Å². The molecule has 0 saturated heterocycles. The lowest BCUT2D eigenvalue weighted by molar-refractivity contribution is 0.397. The zero-order chi connectivity index (χ0) is 22.5. The lowest BCUT2D eigenvalue weighted by Crippen LogP contribution is -2.20. The number of pyridine rings is 1. The highest BCUT2D eigenvalue weighted by Gasteiger charge is 2.29. The molecule has 2 aromatic carbocycles. The first-order valence-corrected chi connectivity index (χ1v) is 10.5. The van der Waals surface area contributed by atoms with Gasteiger partial charge in [-0.3, -0.25) is 0 Å². The van der Waals surface area contributed by atoms with Gasteiger partial charge in [0.2, 0.25) is 5.88 Å². The van der Waals surface area contributed by atoms with Gasteiger partial charge in [0.05, 0.1) is 26.0 Å². The van der Waals surface area contributed by atoms with Crippen LogP contribution < -0.4 is 19.4 Å². The van der Waals surface area contributed by atoms with Crippen molar-refractivity contribution in [3.63, 3.8) is 0 Å². The number of hydrogen-bond acceptors (Lipinski definition) is 6. The fourth-order valence-corrected chi connectivity index (χ4v) is 3.65. The van der Waals surface area contributed by atoms with E-state index in [9.17, 15) is 0 Å². The normalized spacial score (nSPS) is 15.7. The molecule has 164 valence electrons.